The molecule has 3 rings (SSSR count). The Bertz CT molecular complexity index is 724. The first-order valence-electron chi connectivity index (χ1n) is 4.97. The van der Waals surface area contributed by atoms with Crippen LogP contribution < -0.4 is 0 Å². The van der Waals surface area contributed by atoms with Crippen LogP contribution >= 0.6 is 23.2 Å². The predicted molar refractivity (Wildman–Crippen MR) is 66.2 cm³/mol. The Morgan fingerprint density at radius 3 is 2.56 bits per heavy atom. The first-order chi connectivity index (χ1) is 8.66. The van der Waals surface area contributed by atoms with Gasteiger partial charge in [-0.15, -0.1) is 0 Å². The molecule has 0 spiro atoms. The zero-order valence-corrected chi connectivity index (χ0v) is 10.3. The average Bonchev–Trinajstić information content (AvgIpc) is 2.80. The molecule has 0 atom stereocenters. The molecule has 0 aliphatic rings. The van der Waals surface area contributed by atoms with Crippen LogP contribution in [0.15, 0.2) is 30.6 Å². The lowest BCUT2D eigenvalue weighted by Crippen LogP contribution is -1.97. The van der Waals surface area contributed by atoms with Crippen molar-refractivity contribution in [1.29, 1.82) is 0 Å². The van der Waals surface area contributed by atoms with Crippen molar-refractivity contribution in [2.75, 3.05) is 0 Å². The van der Waals surface area contributed by atoms with Gasteiger partial charge in [0, 0.05) is 0 Å². The second-order valence-corrected chi connectivity index (χ2v) is 4.26. The molecular formula is C11H5Cl2FN4. The van der Waals surface area contributed by atoms with Crippen molar-refractivity contribution in [2.24, 2.45) is 0 Å². The standard InChI is InChI=1S/C11H5Cl2FN4/c12-9-8(6-1-3-7(14)4-2-6)10(13)18-11(17-9)15-5-16-18/h1-5H. The van der Waals surface area contributed by atoms with Gasteiger partial charge in [-0.1, -0.05) is 35.3 Å². The van der Waals surface area contributed by atoms with E-state index in [1.54, 1.807) is 12.1 Å². The number of hydrogen-bond acceptors (Lipinski definition) is 3. The molecule has 2 heterocycles. The van der Waals surface area contributed by atoms with Crippen molar-refractivity contribution in [3.05, 3.63) is 46.7 Å². The van der Waals surface area contributed by atoms with Crippen LogP contribution in [0.25, 0.3) is 16.9 Å². The van der Waals surface area contributed by atoms with Crippen LogP contribution in [0.1, 0.15) is 0 Å². The molecule has 7 heteroatoms. The number of nitrogens with zero attached hydrogens (tertiary/aromatic N) is 4. The molecule has 0 bridgehead atoms. The summed E-state index contributed by atoms with van der Waals surface area (Å²) in [4.78, 5) is 7.97. The van der Waals surface area contributed by atoms with Gasteiger partial charge in [0.1, 0.15) is 22.5 Å². The maximum absolute atomic E-state index is 12.9. The zero-order chi connectivity index (χ0) is 12.7. The number of benzene rings is 1. The fourth-order valence-corrected chi connectivity index (χ4v) is 2.28. The number of aromatic nitrogens is 4. The highest BCUT2D eigenvalue weighted by Crippen LogP contribution is 2.33. The van der Waals surface area contributed by atoms with Crippen molar-refractivity contribution >= 4 is 29.0 Å². The van der Waals surface area contributed by atoms with Crippen molar-refractivity contribution < 1.29 is 4.39 Å². The van der Waals surface area contributed by atoms with Crippen molar-refractivity contribution in [1.82, 2.24) is 19.6 Å². The summed E-state index contributed by atoms with van der Waals surface area (Å²) in [5.41, 5.74) is 1.16. The summed E-state index contributed by atoms with van der Waals surface area (Å²) in [5, 5.41) is 4.43. The van der Waals surface area contributed by atoms with E-state index in [1.807, 2.05) is 0 Å². The van der Waals surface area contributed by atoms with E-state index >= 15 is 0 Å². The average molecular weight is 283 g/mol. The molecule has 3 aromatic rings. The normalized spacial score (nSPS) is 11.1. The van der Waals surface area contributed by atoms with Gasteiger partial charge >= 0.3 is 0 Å². The summed E-state index contributed by atoms with van der Waals surface area (Å²) in [6.07, 6.45) is 1.33. The smallest absolute Gasteiger partial charge is 0.207 e. The maximum atomic E-state index is 12.9. The van der Waals surface area contributed by atoms with Gasteiger partial charge in [-0.05, 0) is 17.7 Å². The summed E-state index contributed by atoms with van der Waals surface area (Å²) in [5.74, 6) is -0.0170. The highest BCUT2D eigenvalue weighted by Gasteiger charge is 2.15. The van der Waals surface area contributed by atoms with Gasteiger partial charge in [0.25, 0.3) is 5.78 Å². The fraction of sp³-hybridized carbons (Fsp3) is 0. The van der Waals surface area contributed by atoms with E-state index in [2.05, 4.69) is 15.1 Å². The minimum atomic E-state index is -0.333. The van der Waals surface area contributed by atoms with Gasteiger partial charge in [0.15, 0.2) is 0 Å². The van der Waals surface area contributed by atoms with Gasteiger partial charge in [-0.3, -0.25) is 0 Å². The maximum Gasteiger partial charge on any atom is 0.255 e. The van der Waals surface area contributed by atoms with Crippen LogP contribution in [0.5, 0.6) is 0 Å². The van der Waals surface area contributed by atoms with Crippen LogP contribution in [0.4, 0.5) is 4.39 Å². The molecule has 1 aromatic carbocycles. The Morgan fingerprint density at radius 1 is 1.11 bits per heavy atom. The van der Waals surface area contributed by atoms with Crippen LogP contribution in [0.2, 0.25) is 10.3 Å². The molecule has 0 aliphatic carbocycles. The summed E-state index contributed by atoms with van der Waals surface area (Å²) < 4.78 is 14.3. The molecule has 0 aliphatic heterocycles. The van der Waals surface area contributed by atoms with Gasteiger partial charge in [-0.2, -0.15) is 19.6 Å². The summed E-state index contributed by atoms with van der Waals surface area (Å²) in [7, 11) is 0. The molecule has 18 heavy (non-hydrogen) atoms. The second-order valence-electron chi connectivity index (χ2n) is 3.55. The molecule has 0 saturated carbocycles. The minimum Gasteiger partial charge on any atom is -0.207 e. The quantitative estimate of drug-likeness (QED) is 0.644. The highest BCUT2D eigenvalue weighted by atomic mass is 35.5. The first-order valence-corrected chi connectivity index (χ1v) is 5.73. The summed E-state index contributed by atoms with van der Waals surface area (Å²) in [6.45, 7) is 0. The van der Waals surface area contributed by atoms with E-state index in [0.29, 0.717) is 16.9 Å². The monoisotopic (exact) mass is 282 g/mol. The molecule has 2 aromatic heterocycles. The first kappa shape index (κ1) is 11.4. The molecule has 0 N–H and O–H groups in total. The van der Waals surface area contributed by atoms with Crippen LogP contribution in [-0.2, 0) is 0 Å². The largest absolute Gasteiger partial charge is 0.255 e. The third-order valence-corrected chi connectivity index (χ3v) is 3.08. The van der Waals surface area contributed by atoms with Crippen LogP contribution in [-0.4, -0.2) is 19.6 Å². The van der Waals surface area contributed by atoms with Crippen LogP contribution in [0, 0.1) is 5.82 Å². The number of fused-ring (bicyclic) bond motifs is 1. The van der Waals surface area contributed by atoms with Gasteiger partial charge < -0.3 is 0 Å². The van der Waals surface area contributed by atoms with Crippen molar-refractivity contribution in [3.8, 4) is 11.1 Å². The Morgan fingerprint density at radius 2 is 1.83 bits per heavy atom. The van der Waals surface area contributed by atoms with Gasteiger partial charge in [0.2, 0.25) is 0 Å². The third-order valence-electron chi connectivity index (χ3n) is 2.46. The molecule has 0 amide bonds. The Labute approximate surface area is 111 Å². The molecular weight excluding hydrogens is 278 g/mol. The van der Waals surface area contributed by atoms with E-state index in [1.165, 1.54) is 23.0 Å². The number of rotatable bonds is 1. The van der Waals surface area contributed by atoms with Gasteiger partial charge in [-0.25, -0.2) is 4.39 Å². The predicted octanol–water partition coefficient (Wildman–Crippen LogP) is 3.24. The Kier molecular flexibility index (Phi) is 2.65. The zero-order valence-electron chi connectivity index (χ0n) is 8.81. The van der Waals surface area contributed by atoms with Crippen molar-refractivity contribution in [3.63, 3.8) is 0 Å². The molecule has 4 nitrogen and oxygen atoms in total. The van der Waals surface area contributed by atoms with E-state index in [0.717, 1.165) is 0 Å². The third kappa shape index (κ3) is 1.72. The number of hydrogen-bond donors (Lipinski definition) is 0. The van der Waals surface area contributed by atoms with E-state index in [-0.39, 0.29) is 16.1 Å². The molecule has 0 saturated heterocycles. The topological polar surface area (TPSA) is 43.1 Å². The fourth-order valence-electron chi connectivity index (χ4n) is 1.64. The van der Waals surface area contributed by atoms with E-state index < -0.39 is 0 Å². The van der Waals surface area contributed by atoms with Crippen molar-refractivity contribution in [2.45, 2.75) is 0 Å². The Balaban J connectivity index is 2.30. The van der Waals surface area contributed by atoms with E-state index in [9.17, 15) is 4.39 Å². The molecule has 0 unspecified atom stereocenters. The molecule has 0 radical (unpaired) electrons. The second kappa shape index (κ2) is 4.19. The summed E-state index contributed by atoms with van der Waals surface area (Å²) in [6, 6.07) is 5.81. The Hall–Kier alpha value is -1.72. The molecule has 0 fully saturated rings. The lowest BCUT2D eigenvalue weighted by molar-refractivity contribution is 0.628. The number of halogens is 3. The molecule has 90 valence electrons. The van der Waals surface area contributed by atoms with Gasteiger partial charge in [0.05, 0.1) is 5.56 Å². The lowest BCUT2D eigenvalue weighted by Gasteiger charge is -2.07. The summed E-state index contributed by atoms with van der Waals surface area (Å²) >= 11 is 12.3. The minimum absolute atomic E-state index is 0.201. The highest BCUT2D eigenvalue weighted by molar-refractivity contribution is 6.38. The lowest BCUT2D eigenvalue weighted by atomic mass is 10.1. The van der Waals surface area contributed by atoms with E-state index in [4.69, 9.17) is 23.2 Å². The van der Waals surface area contributed by atoms with Crippen LogP contribution in [0.3, 0.4) is 0 Å². The SMILES string of the molecule is Fc1ccc(-c2c(Cl)nc3ncnn3c2Cl)cc1.